The van der Waals surface area contributed by atoms with Gasteiger partial charge in [0.15, 0.2) is 0 Å². The summed E-state index contributed by atoms with van der Waals surface area (Å²) in [6.07, 6.45) is 2.27. The first-order valence-corrected chi connectivity index (χ1v) is 10.9. The number of ether oxygens (including phenoxy) is 1. The van der Waals surface area contributed by atoms with Gasteiger partial charge in [-0.15, -0.1) is 0 Å². The van der Waals surface area contributed by atoms with Crippen LogP contribution in [-0.2, 0) is 0 Å². The lowest BCUT2D eigenvalue weighted by atomic mass is 10.0. The number of carbonyl (C=O) groups excluding carboxylic acids is 1. The van der Waals surface area contributed by atoms with Gasteiger partial charge in [-0.2, -0.15) is 0 Å². The first kappa shape index (κ1) is 20.2. The topological polar surface area (TPSA) is 68.5 Å². The summed E-state index contributed by atoms with van der Waals surface area (Å²) in [6, 6.07) is 19.4. The number of methoxy groups -OCH3 is 1. The minimum atomic E-state index is -0.0783. The third-order valence-corrected chi connectivity index (χ3v) is 6.20. The second kappa shape index (κ2) is 8.11. The highest BCUT2D eigenvalue weighted by Crippen LogP contribution is 2.39. The molecule has 0 saturated heterocycles. The van der Waals surface area contributed by atoms with Crippen molar-refractivity contribution in [2.45, 2.75) is 32.7 Å². The molecule has 5 rings (SSSR count). The molecule has 32 heavy (non-hydrogen) atoms. The van der Waals surface area contributed by atoms with Crippen LogP contribution in [0.5, 0.6) is 5.75 Å². The number of hydrogen-bond donors (Lipinski definition) is 0. The van der Waals surface area contributed by atoms with E-state index < -0.39 is 0 Å². The number of pyridine rings is 1. The number of amides is 1. The highest BCUT2D eigenvalue weighted by Gasteiger charge is 2.36. The molecule has 2 aromatic carbocycles. The van der Waals surface area contributed by atoms with E-state index in [1.54, 1.807) is 7.11 Å². The number of benzene rings is 2. The minimum absolute atomic E-state index is 0.0689. The maximum absolute atomic E-state index is 14.1. The summed E-state index contributed by atoms with van der Waals surface area (Å²) >= 11 is 0. The molecule has 4 aromatic rings. The largest absolute Gasteiger partial charge is 0.497 e. The van der Waals surface area contributed by atoms with E-state index in [-0.39, 0.29) is 11.9 Å². The van der Waals surface area contributed by atoms with Crippen molar-refractivity contribution in [1.82, 2.24) is 10.1 Å². The molecule has 1 saturated carbocycles. The van der Waals surface area contributed by atoms with E-state index in [0.717, 1.165) is 29.8 Å². The van der Waals surface area contributed by atoms with E-state index in [4.69, 9.17) is 9.26 Å². The Morgan fingerprint density at radius 3 is 2.50 bits per heavy atom. The van der Waals surface area contributed by atoms with Crippen LogP contribution < -0.4 is 9.64 Å². The van der Waals surface area contributed by atoms with Crippen LogP contribution in [0.25, 0.3) is 22.4 Å². The molecule has 1 amide bonds. The molecule has 6 nitrogen and oxygen atoms in total. The first-order valence-electron chi connectivity index (χ1n) is 10.9. The van der Waals surface area contributed by atoms with Gasteiger partial charge in [-0.3, -0.25) is 4.79 Å². The standard InChI is InChI=1S/C26H25N3O3/c1-16-24-22(15-23(27-25(24)32-28-16)19-7-5-4-6-8-19)26(30)29(17(2)18-9-10-18)20-11-13-21(31-3)14-12-20/h4-8,11-15,17-18H,9-10H2,1-3H3. The second-order valence-corrected chi connectivity index (χ2v) is 8.32. The van der Waals surface area contributed by atoms with Gasteiger partial charge in [-0.1, -0.05) is 35.5 Å². The highest BCUT2D eigenvalue weighted by molar-refractivity contribution is 6.14. The van der Waals surface area contributed by atoms with Gasteiger partial charge < -0.3 is 14.2 Å². The Kier molecular flexibility index (Phi) is 5.13. The lowest BCUT2D eigenvalue weighted by Gasteiger charge is -2.30. The van der Waals surface area contributed by atoms with E-state index in [1.165, 1.54) is 0 Å². The summed E-state index contributed by atoms with van der Waals surface area (Å²) < 4.78 is 10.8. The molecule has 6 heteroatoms. The average Bonchev–Trinajstić information content (AvgIpc) is 3.62. The molecule has 1 atom stereocenters. The van der Waals surface area contributed by atoms with E-state index in [9.17, 15) is 4.79 Å². The van der Waals surface area contributed by atoms with Crippen LogP contribution in [0, 0.1) is 12.8 Å². The van der Waals surface area contributed by atoms with Gasteiger partial charge in [0.2, 0.25) is 0 Å². The number of hydrogen-bond acceptors (Lipinski definition) is 5. The Labute approximate surface area is 186 Å². The number of anilines is 1. The lowest BCUT2D eigenvalue weighted by Crippen LogP contribution is -2.40. The van der Waals surface area contributed by atoms with Gasteiger partial charge >= 0.3 is 0 Å². The van der Waals surface area contributed by atoms with Crippen molar-refractivity contribution in [3.05, 3.63) is 71.9 Å². The lowest BCUT2D eigenvalue weighted by molar-refractivity contribution is 0.0977. The molecule has 1 fully saturated rings. The van der Waals surface area contributed by atoms with Gasteiger partial charge in [0, 0.05) is 17.3 Å². The van der Waals surface area contributed by atoms with Crippen molar-refractivity contribution in [2.75, 3.05) is 12.0 Å². The fraction of sp³-hybridized carbons (Fsp3) is 0.269. The average molecular weight is 428 g/mol. The van der Waals surface area contributed by atoms with Crippen LogP contribution in [0.1, 0.15) is 35.8 Å². The number of nitrogens with zero attached hydrogens (tertiary/aromatic N) is 3. The summed E-state index contributed by atoms with van der Waals surface area (Å²) in [5.74, 6) is 1.17. The second-order valence-electron chi connectivity index (χ2n) is 8.32. The van der Waals surface area contributed by atoms with Crippen molar-refractivity contribution in [3.8, 4) is 17.0 Å². The molecular formula is C26H25N3O3. The smallest absolute Gasteiger partial charge is 0.259 e. The van der Waals surface area contributed by atoms with Crippen LogP contribution in [0.15, 0.2) is 65.2 Å². The predicted molar refractivity (Wildman–Crippen MR) is 124 cm³/mol. The molecule has 2 heterocycles. The van der Waals surface area contributed by atoms with E-state index in [0.29, 0.717) is 34.0 Å². The molecule has 1 unspecified atom stereocenters. The summed E-state index contributed by atoms with van der Waals surface area (Å²) in [4.78, 5) is 20.7. The minimum Gasteiger partial charge on any atom is -0.497 e. The Bertz CT molecular complexity index is 1260. The van der Waals surface area contributed by atoms with E-state index >= 15 is 0 Å². The molecule has 0 radical (unpaired) electrons. The molecule has 1 aliphatic carbocycles. The zero-order valence-corrected chi connectivity index (χ0v) is 18.4. The van der Waals surface area contributed by atoms with Crippen molar-refractivity contribution in [2.24, 2.45) is 5.92 Å². The first-order chi connectivity index (χ1) is 15.6. The fourth-order valence-corrected chi connectivity index (χ4v) is 4.22. The molecule has 2 aromatic heterocycles. The van der Waals surface area contributed by atoms with Crippen molar-refractivity contribution >= 4 is 22.7 Å². The predicted octanol–water partition coefficient (Wildman–Crippen LogP) is 5.65. The van der Waals surface area contributed by atoms with Gasteiger partial charge in [0.25, 0.3) is 11.6 Å². The zero-order chi connectivity index (χ0) is 22.2. The number of carbonyl (C=O) groups is 1. The number of aromatic nitrogens is 2. The van der Waals surface area contributed by atoms with Crippen molar-refractivity contribution in [3.63, 3.8) is 0 Å². The monoisotopic (exact) mass is 427 g/mol. The summed E-state index contributed by atoms with van der Waals surface area (Å²) in [6.45, 7) is 3.96. The Morgan fingerprint density at radius 1 is 1.12 bits per heavy atom. The quantitative estimate of drug-likeness (QED) is 0.398. The van der Waals surface area contributed by atoms with Crippen LogP contribution >= 0.6 is 0 Å². The molecule has 1 aliphatic rings. The molecule has 0 spiro atoms. The SMILES string of the molecule is COc1ccc(N(C(=O)c2cc(-c3ccccc3)nc3onc(C)c23)C(C)C2CC2)cc1. The highest BCUT2D eigenvalue weighted by atomic mass is 16.5. The maximum Gasteiger partial charge on any atom is 0.259 e. The number of aryl methyl sites for hydroxylation is 1. The van der Waals surface area contributed by atoms with Crippen molar-refractivity contribution in [1.29, 1.82) is 0 Å². The summed E-state index contributed by atoms with van der Waals surface area (Å²) in [5.41, 5.74) is 4.03. The van der Waals surface area contributed by atoms with Gasteiger partial charge in [0.1, 0.15) is 5.75 Å². The molecule has 162 valence electrons. The molecular weight excluding hydrogens is 402 g/mol. The normalized spacial score (nSPS) is 14.3. The van der Waals surface area contributed by atoms with E-state index in [2.05, 4.69) is 17.1 Å². The maximum atomic E-state index is 14.1. The van der Waals surface area contributed by atoms with Gasteiger partial charge in [-0.05, 0) is 62.9 Å². The van der Waals surface area contributed by atoms with Crippen LogP contribution in [0.3, 0.4) is 0 Å². The molecule has 0 bridgehead atoms. The Hall–Kier alpha value is -3.67. The Morgan fingerprint density at radius 2 is 1.84 bits per heavy atom. The van der Waals surface area contributed by atoms with E-state index in [1.807, 2.05) is 72.5 Å². The molecule has 0 aliphatic heterocycles. The van der Waals surface area contributed by atoms with Gasteiger partial charge in [-0.25, -0.2) is 4.98 Å². The number of fused-ring (bicyclic) bond motifs is 1. The van der Waals surface area contributed by atoms with Crippen LogP contribution in [0.2, 0.25) is 0 Å². The van der Waals surface area contributed by atoms with Gasteiger partial charge in [0.05, 0.1) is 29.4 Å². The molecule has 0 N–H and O–H groups in total. The Balaban J connectivity index is 1.65. The zero-order valence-electron chi connectivity index (χ0n) is 18.4. The van der Waals surface area contributed by atoms with Crippen LogP contribution in [0.4, 0.5) is 5.69 Å². The number of rotatable bonds is 6. The van der Waals surface area contributed by atoms with Crippen LogP contribution in [-0.4, -0.2) is 29.2 Å². The summed E-state index contributed by atoms with van der Waals surface area (Å²) in [5, 5.41) is 4.76. The summed E-state index contributed by atoms with van der Waals surface area (Å²) in [7, 11) is 1.64. The van der Waals surface area contributed by atoms with Crippen molar-refractivity contribution < 1.29 is 14.1 Å². The third kappa shape index (κ3) is 3.62. The third-order valence-electron chi connectivity index (χ3n) is 6.20. The fourth-order valence-electron chi connectivity index (χ4n) is 4.22.